The van der Waals surface area contributed by atoms with E-state index in [0.29, 0.717) is 6.42 Å². The molecule has 1 aliphatic rings. The molecule has 0 bridgehead atoms. The number of carbonyl (C=O) groups is 3. The van der Waals surface area contributed by atoms with Crippen molar-refractivity contribution in [2.45, 2.75) is 51.9 Å². The van der Waals surface area contributed by atoms with Crippen molar-refractivity contribution >= 4 is 18.0 Å². The Morgan fingerprint density at radius 3 is 2.32 bits per heavy atom. The molecule has 1 unspecified atom stereocenters. The third-order valence-electron chi connectivity index (χ3n) is 2.65. The molecule has 0 aromatic heterocycles. The fourth-order valence-electron chi connectivity index (χ4n) is 1.91. The van der Waals surface area contributed by atoms with Crippen molar-refractivity contribution in [1.29, 1.82) is 0 Å². The van der Waals surface area contributed by atoms with Crippen molar-refractivity contribution in [3.05, 3.63) is 0 Å². The first-order chi connectivity index (χ1) is 8.75. The van der Waals surface area contributed by atoms with E-state index in [2.05, 4.69) is 0 Å². The number of cyclic esters (lactones) is 2. The van der Waals surface area contributed by atoms with E-state index >= 15 is 0 Å². The molecule has 0 aromatic rings. The van der Waals surface area contributed by atoms with Gasteiger partial charge in [-0.15, -0.1) is 0 Å². The highest BCUT2D eigenvalue weighted by Crippen LogP contribution is 2.27. The van der Waals surface area contributed by atoms with Gasteiger partial charge >= 0.3 is 18.0 Å². The topological polar surface area (TPSA) is 105 Å². The van der Waals surface area contributed by atoms with Crippen molar-refractivity contribution in [3.8, 4) is 0 Å². The average molecular weight is 273 g/mol. The van der Waals surface area contributed by atoms with Crippen molar-refractivity contribution < 1.29 is 28.6 Å². The maximum absolute atomic E-state index is 11.8. The maximum Gasteiger partial charge on any atom is 0.404 e. The molecule has 108 valence electrons. The third kappa shape index (κ3) is 4.42. The predicted octanol–water partition coefficient (Wildman–Crippen LogP) is 1.09. The lowest BCUT2D eigenvalue weighted by Crippen LogP contribution is -2.47. The lowest BCUT2D eigenvalue weighted by molar-refractivity contribution is -0.241. The van der Waals surface area contributed by atoms with E-state index in [4.69, 9.17) is 19.9 Å². The summed E-state index contributed by atoms with van der Waals surface area (Å²) >= 11 is 0. The summed E-state index contributed by atoms with van der Waals surface area (Å²) in [4.78, 5) is 34.3. The van der Waals surface area contributed by atoms with Crippen LogP contribution < -0.4 is 5.73 Å². The summed E-state index contributed by atoms with van der Waals surface area (Å²) < 4.78 is 14.8. The lowest BCUT2D eigenvalue weighted by Gasteiger charge is -2.33. The van der Waals surface area contributed by atoms with E-state index in [1.165, 1.54) is 13.8 Å². The first-order valence-corrected chi connectivity index (χ1v) is 6.17. The van der Waals surface area contributed by atoms with Gasteiger partial charge in [0.2, 0.25) is 0 Å². The third-order valence-corrected chi connectivity index (χ3v) is 2.65. The fraction of sp³-hybridized carbons (Fsp3) is 0.750. The highest BCUT2D eigenvalue weighted by Gasteiger charge is 2.44. The van der Waals surface area contributed by atoms with Crippen molar-refractivity contribution in [1.82, 2.24) is 0 Å². The number of hydrogen-bond donors (Lipinski definition) is 1. The predicted molar refractivity (Wildman–Crippen MR) is 63.7 cm³/mol. The number of nitrogens with two attached hydrogens (primary N) is 1. The van der Waals surface area contributed by atoms with Crippen LogP contribution in [0.4, 0.5) is 4.79 Å². The number of esters is 2. The summed E-state index contributed by atoms with van der Waals surface area (Å²) in [6.07, 6.45) is -0.293. The molecule has 1 amide bonds. The SMILES string of the molecule is CCCC(CC1C(=O)OC(C)(C)OC1=O)OC(N)=O. The summed E-state index contributed by atoms with van der Waals surface area (Å²) in [6, 6.07) is 0. The minimum Gasteiger partial charge on any atom is -0.446 e. The van der Waals surface area contributed by atoms with Gasteiger partial charge in [0.05, 0.1) is 0 Å². The monoisotopic (exact) mass is 273 g/mol. The van der Waals surface area contributed by atoms with Gasteiger partial charge in [-0.25, -0.2) is 4.79 Å². The van der Waals surface area contributed by atoms with Gasteiger partial charge in [-0.2, -0.15) is 0 Å². The van der Waals surface area contributed by atoms with Gasteiger partial charge in [-0.3, -0.25) is 9.59 Å². The zero-order valence-electron chi connectivity index (χ0n) is 11.3. The molecule has 0 aromatic carbocycles. The maximum atomic E-state index is 11.8. The highest BCUT2D eigenvalue weighted by atomic mass is 16.7. The summed E-state index contributed by atoms with van der Waals surface area (Å²) in [5.74, 6) is -3.68. The molecule has 1 saturated heterocycles. The molecule has 1 aliphatic heterocycles. The highest BCUT2D eigenvalue weighted by molar-refractivity contribution is 5.96. The number of ether oxygens (including phenoxy) is 3. The van der Waals surface area contributed by atoms with Crippen LogP contribution in [0.3, 0.4) is 0 Å². The van der Waals surface area contributed by atoms with Crippen molar-refractivity contribution in [3.63, 3.8) is 0 Å². The van der Waals surface area contributed by atoms with Gasteiger partial charge in [0.25, 0.3) is 5.79 Å². The second-order valence-electron chi connectivity index (χ2n) is 4.88. The summed E-state index contributed by atoms with van der Waals surface area (Å²) in [6.45, 7) is 4.84. The molecule has 1 rings (SSSR count). The first kappa shape index (κ1) is 15.3. The quantitative estimate of drug-likeness (QED) is 0.594. The molecule has 0 spiro atoms. The Balaban J connectivity index is 2.70. The molecular weight excluding hydrogens is 254 g/mol. The van der Waals surface area contributed by atoms with Gasteiger partial charge in [0, 0.05) is 20.3 Å². The van der Waals surface area contributed by atoms with Gasteiger partial charge in [0.15, 0.2) is 5.92 Å². The molecule has 0 aliphatic carbocycles. The average Bonchev–Trinajstić information content (AvgIpc) is 2.21. The Hall–Kier alpha value is -1.79. The van der Waals surface area contributed by atoms with Crippen LogP contribution in [0.5, 0.6) is 0 Å². The largest absolute Gasteiger partial charge is 0.446 e. The van der Waals surface area contributed by atoms with Crippen LogP contribution in [0.25, 0.3) is 0 Å². The Labute approximate surface area is 111 Å². The zero-order chi connectivity index (χ0) is 14.6. The molecular formula is C12H19NO6. The molecule has 1 atom stereocenters. The standard InChI is InChI=1S/C12H19NO6/c1-4-5-7(17-11(13)16)6-8-9(14)18-12(2,3)19-10(8)15/h7-8H,4-6H2,1-3H3,(H2,13,16). The number of rotatable bonds is 5. The van der Waals surface area contributed by atoms with E-state index in [9.17, 15) is 14.4 Å². The van der Waals surface area contributed by atoms with E-state index in [1.807, 2.05) is 6.92 Å². The number of hydrogen-bond acceptors (Lipinski definition) is 6. The Morgan fingerprint density at radius 1 is 1.37 bits per heavy atom. The zero-order valence-corrected chi connectivity index (χ0v) is 11.3. The molecule has 0 radical (unpaired) electrons. The van der Waals surface area contributed by atoms with Crippen LogP contribution in [0.2, 0.25) is 0 Å². The van der Waals surface area contributed by atoms with Crippen LogP contribution in [0, 0.1) is 5.92 Å². The van der Waals surface area contributed by atoms with Crippen molar-refractivity contribution in [2.75, 3.05) is 0 Å². The smallest absolute Gasteiger partial charge is 0.404 e. The summed E-state index contributed by atoms with van der Waals surface area (Å²) in [7, 11) is 0. The normalized spacial score (nSPS) is 20.4. The van der Waals surface area contributed by atoms with Gasteiger partial charge in [0.1, 0.15) is 6.10 Å². The number of carbonyl (C=O) groups excluding carboxylic acids is 3. The molecule has 1 fully saturated rings. The fourth-order valence-corrected chi connectivity index (χ4v) is 1.91. The van der Waals surface area contributed by atoms with Crippen LogP contribution in [0.1, 0.15) is 40.0 Å². The van der Waals surface area contributed by atoms with Crippen LogP contribution in [0.15, 0.2) is 0 Å². The van der Waals surface area contributed by atoms with E-state index < -0.39 is 35.8 Å². The number of amides is 1. The molecule has 7 heteroatoms. The minimum atomic E-state index is -1.25. The summed E-state index contributed by atoms with van der Waals surface area (Å²) in [5, 5.41) is 0. The number of primary amides is 1. The van der Waals surface area contributed by atoms with Gasteiger partial charge in [-0.05, 0) is 6.42 Å². The van der Waals surface area contributed by atoms with E-state index in [-0.39, 0.29) is 6.42 Å². The Morgan fingerprint density at radius 2 is 1.89 bits per heavy atom. The first-order valence-electron chi connectivity index (χ1n) is 6.17. The van der Waals surface area contributed by atoms with Gasteiger partial charge in [-0.1, -0.05) is 13.3 Å². The molecule has 1 heterocycles. The Kier molecular flexibility index (Phi) is 4.74. The van der Waals surface area contributed by atoms with Crippen LogP contribution >= 0.6 is 0 Å². The van der Waals surface area contributed by atoms with Crippen LogP contribution in [-0.4, -0.2) is 29.9 Å². The molecule has 2 N–H and O–H groups in total. The van der Waals surface area contributed by atoms with Crippen molar-refractivity contribution in [2.24, 2.45) is 11.7 Å². The van der Waals surface area contributed by atoms with Gasteiger partial charge < -0.3 is 19.9 Å². The molecule has 7 nitrogen and oxygen atoms in total. The lowest BCUT2D eigenvalue weighted by atomic mass is 9.98. The molecule has 19 heavy (non-hydrogen) atoms. The van der Waals surface area contributed by atoms with Crippen LogP contribution in [-0.2, 0) is 23.8 Å². The molecule has 0 saturated carbocycles. The van der Waals surface area contributed by atoms with E-state index in [0.717, 1.165) is 6.42 Å². The second-order valence-corrected chi connectivity index (χ2v) is 4.88. The second kappa shape index (κ2) is 5.90. The Bertz CT molecular complexity index is 358. The summed E-state index contributed by atoms with van der Waals surface area (Å²) in [5.41, 5.74) is 4.95. The van der Waals surface area contributed by atoms with E-state index in [1.54, 1.807) is 0 Å². The minimum absolute atomic E-state index is 0.0184.